The molecule has 0 bridgehead atoms. The molecule has 2 saturated carbocycles. The molecule has 0 N–H and O–H groups in total. The van der Waals surface area contributed by atoms with Gasteiger partial charge in [-0.3, -0.25) is 0 Å². The maximum atomic E-state index is 11.8. The molecule has 0 unspecified atom stereocenters. The lowest BCUT2D eigenvalue weighted by molar-refractivity contribution is -0.226. The fourth-order valence-electron chi connectivity index (χ4n) is 4.58. The average Bonchev–Trinajstić information content (AvgIpc) is 2.61. The second-order valence-corrected chi connectivity index (χ2v) is 10.0. The first-order valence-corrected chi connectivity index (χ1v) is 10.9. The highest BCUT2D eigenvalue weighted by molar-refractivity contribution is 5.63. The number of hydrogen-bond acceptors (Lipinski definition) is 6. The summed E-state index contributed by atoms with van der Waals surface area (Å²) in [4.78, 5) is 32.5. The van der Waals surface area contributed by atoms with Crippen LogP contribution in [-0.4, -0.2) is 24.5 Å². The molecule has 0 aromatic heterocycles. The second-order valence-electron chi connectivity index (χ2n) is 10.0. The van der Waals surface area contributed by atoms with Gasteiger partial charge in [0.05, 0.1) is 0 Å². The van der Waals surface area contributed by atoms with Crippen LogP contribution in [0.4, 0.5) is 9.59 Å². The molecule has 0 amide bonds. The molecule has 0 atom stereocenters. The first kappa shape index (κ1) is 22.8. The molecular weight excluding hydrogens is 360 g/mol. The number of rotatable bonds is 4. The fraction of sp³-hybridized carbons (Fsp3) is 0.909. The summed E-state index contributed by atoms with van der Waals surface area (Å²) in [5, 5.41) is 0. The summed E-state index contributed by atoms with van der Waals surface area (Å²) in [6.07, 6.45) is 6.33. The minimum Gasteiger partial charge on any atom is -0.428 e. The van der Waals surface area contributed by atoms with Crippen molar-refractivity contribution in [3.05, 3.63) is 0 Å². The van der Waals surface area contributed by atoms with Gasteiger partial charge in [0.15, 0.2) is 0 Å². The van der Waals surface area contributed by atoms with Gasteiger partial charge in [0.2, 0.25) is 0 Å². The minimum absolute atomic E-state index is 0.164. The Morgan fingerprint density at radius 1 is 0.786 bits per heavy atom. The first-order chi connectivity index (χ1) is 13.1. The molecular formula is C22H38O6. The summed E-state index contributed by atoms with van der Waals surface area (Å²) in [6.45, 7) is 11.2. The third-order valence-electron chi connectivity index (χ3n) is 6.20. The fourth-order valence-corrected chi connectivity index (χ4v) is 4.58. The number of carbonyl (C=O) groups excluding carboxylic acids is 2. The van der Waals surface area contributed by atoms with Gasteiger partial charge in [-0.25, -0.2) is 0 Å². The van der Waals surface area contributed by atoms with Crippen molar-refractivity contribution in [2.75, 3.05) is 0 Å². The van der Waals surface area contributed by atoms with Crippen molar-refractivity contribution < 1.29 is 28.8 Å². The summed E-state index contributed by atoms with van der Waals surface area (Å²) in [6, 6.07) is 0. The Morgan fingerprint density at radius 2 is 1.21 bits per heavy atom. The molecule has 162 valence electrons. The molecule has 0 radical (unpaired) electrons. The summed E-state index contributed by atoms with van der Waals surface area (Å²) < 4.78 is 10.5. The minimum atomic E-state index is -0.975. The summed E-state index contributed by atoms with van der Waals surface area (Å²) in [5.74, 6) is 2.02. The van der Waals surface area contributed by atoms with Gasteiger partial charge in [-0.2, -0.15) is 19.4 Å². The lowest BCUT2D eigenvalue weighted by atomic mass is 9.72. The summed E-state index contributed by atoms with van der Waals surface area (Å²) in [5.41, 5.74) is 0.270. The number of hydrogen-bond donors (Lipinski definition) is 0. The lowest BCUT2D eigenvalue weighted by Gasteiger charge is -2.36. The molecule has 2 aliphatic rings. The first-order valence-electron chi connectivity index (χ1n) is 10.9. The quantitative estimate of drug-likeness (QED) is 0.309. The van der Waals surface area contributed by atoms with Gasteiger partial charge in [-0.05, 0) is 81.0 Å². The predicted octanol–water partition coefficient (Wildman–Crippen LogP) is 6.42. The number of carbonyl (C=O) groups is 2. The molecule has 6 heteroatoms. The van der Waals surface area contributed by atoms with Gasteiger partial charge in [-0.1, -0.05) is 34.6 Å². The molecule has 0 aromatic carbocycles. The lowest BCUT2D eigenvalue weighted by Crippen LogP contribution is -2.31. The molecule has 6 nitrogen and oxygen atoms in total. The van der Waals surface area contributed by atoms with E-state index in [1.807, 2.05) is 0 Å². The Balaban J connectivity index is 1.58. The van der Waals surface area contributed by atoms with Crippen molar-refractivity contribution >= 4 is 12.3 Å². The van der Waals surface area contributed by atoms with E-state index in [0.29, 0.717) is 17.8 Å². The molecule has 2 fully saturated rings. The van der Waals surface area contributed by atoms with Crippen LogP contribution in [0.3, 0.4) is 0 Å². The molecule has 0 spiro atoms. The van der Waals surface area contributed by atoms with Crippen LogP contribution >= 0.6 is 0 Å². The molecule has 2 aliphatic carbocycles. The maximum absolute atomic E-state index is 11.8. The zero-order chi connectivity index (χ0) is 20.7. The molecule has 0 saturated heterocycles. The highest BCUT2D eigenvalue weighted by atomic mass is 17.3. The zero-order valence-electron chi connectivity index (χ0n) is 18.2. The van der Waals surface area contributed by atoms with Crippen molar-refractivity contribution in [2.24, 2.45) is 23.2 Å². The van der Waals surface area contributed by atoms with Crippen LogP contribution in [0, 0.1) is 23.2 Å². The van der Waals surface area contributed by atoms with Crippen molar-refractivity contribution in [2.45, 2.75) is 105 Å². The van der Waals surface area contributed by atoms with Crippen molar-refractivity contribution in [1.29, 1.82) is 0 Å². The molecule has 0 heterocycles. The monoisotopic (exact) mass is 398 g/mol. The van der Waals surface area contributed by atoms with Crippen LogP contribution in [0.2, 0.25) is 0 Å². The maximum Gasteiger partial charge on any atom is 0.550 e. The van der Waals surface area contributed by atoms with E-state index in [0.717, 1.165) is 51.4 Å². The predicted molar refractivity (Wildman–Crippen MR) is 106 cm³/mol. The zero-order valence-corrected chi connectivity index (χ0v) is 18.2. The third-order valence-corrected chi connectivity index (χ3v) is 6.20. The van der Waals surface area contributed by atoms with E-state index < -0.39 is 12.3 Å². The number of ether oxygens (including phenoxy) is 2. The Bertz CT molecular complexity index is 494. The Morgan fingerprint density at radius 3 is 1.61 bits per heavy atom. The van der Waals surface area contributed by atoms with Gasteiger partial charge in [0.25, 0.3) is 0 Å². The highest BCUT2D eigenvalue weighted by Gasteiger charge is 2.32. The van der Waals surface area contributed by atoms with Gasteiger partial charge in [-0.15, -0.1) is 0 Å². The normalized spacial score (nSPS) is 28.5. The van der Waals surface area contributed by atoms with E-state index in [4.69, 9.17) is 9.47 Å². The smallest absolute Gasteiger partial charge is 0.428 e. The van der Waals surface area contributed by atoms with Gasteiger partial charge < -0.3 is 9.47 Å². The highest BCUT2D eigenvalue weighted by Crippen LogP contribution is 2.38. The third kappa shape index (κ3) is 7.88. The Hall–Kier alpha value is -1.46. The Kier molecular flexibility index (Phi) is 8.44. The van der Waals surface area contributed by atoms with Crippen LogP contribution in [0.5, 0.6) is 0 Å². The van der Waals surface area contributed by atoms with Crippen molar-refractivity contribution in [3.8, 4) is 0 Å². The topological polar surface area (TPSA) is 71.1 Å². The van der Waals surface area contributed by atoms with Gasteiger partial charge >= 0.3 is 12.3 Å². The molecule has 28 heavy (non-hydrogen) atoms. The van der Waals surface area contributed by atoms with Crippen LogP contribution in [0.25, 0.3) is 0 Å². The molecule has 0 aromatic rings. The van der Waals surface area contributed by atoms with Crippen LogP contribution in [0.15, 0.2) is 0 Å². The van der Waals surface area contributed by atoms with E-state index in [-0.39, 0.29) is 17.6 Å². The molecule has 0 aliphatic heterocycles. The average molecular weight is 399 g/mol. The van der Waals surface area contributed by atoms with E-state index in [2.05, 4.69) is 44.4 Å². The van der Waals surface area contributed by atoms with Crippen LogP contribution < -0.4 is 0 Å². The second kappa shape index (κ2) is 10.4. The summed E-state index contributed by atoms with van der Waals surface area (Å²) in [7, 11) is 0. The van der Waals surface area contributed by atoms with E-state index in [9.17, 15) is 9.59 Å². The van der Waals surface area contributed by atoms with E-state index >= 15 is 0 Å². The largest absolute Gasteiger partial charge is 0.550 e. The van der Waals surface area contributed by atoms with Gasteiger partial charge in [0, 0.05) is 0 Å². The Labute approximate surface area is 169 Å². The molecule has 2 rings (SSSR count). The van der Waals surface area contributed by atoms with Crippen molar-refractivity contribution in [1.82, 2.24) is 0 Å². The van der Waals surface area contributed by atoms with Gasteiger partial charge in [0.1, 0.15) is 12.2 Å². The SMILES string of the molecule is CC(C)CC1CCC(OC(=O)OOC(=O)OC2CCC(C(C)(C)C)CC2)CC1. The van der Waals surface area contributed by atoms with Crippen molar-refractivity contribution in [3.63, 3.8) is 0 Å². The van der Waals surface area contributed by atoms with E-state index in [1.165, 1.54) is 6.42 Å². The van der Waals surface area contributed by atoms with Crippen LogP contribution in [-0.2, 0) is 19.2 Å². The van der Waals surface area contributed by atoms with E-state index in [1.54, 1.807) is 0 Å². The summed E-state index contributed by atoms with van der Waals surface area (Å²) >= 11 is 0. The standard InChI is InChI=1S/C22H38O6/c1-15(2)14-16-6-10-18(11-7-16)25-20(23)27-28-21(24)26-19-12-8-17(9-13-19)22(3,4)5/h15-19H,6-14H2,1-5H3. The van der Waals surface area contributed by atoms with Crippen LogP contribution in [0.1, 0.15) is 92.4 Å².